The Hall–Kier alpha value is -1.09. The molecule has 0 atom stereocenters. The van der Waals surface area contributed by atoms with Crippen LogP contribution in [0, 0.1) is 0 Å². The second-order valence-corrected chi connectivity index (χ2v) is 2.40. The van der Waals surface area contributed by atoms with Crippen molar-refractivity contribution in [3.63, 3.8) is 0 Å². The quantitative estimate of drug-likeness (QED) is 0.672. The minimum atomic E-state index is 0. The van der Waals surface area contributed by atoms with Gasteiger partial charge < -0.3 is 4.40 Å². The van der Waals surface area contributed by atoms with Crippen LogP contribution in [0.25, 0.3) is 5.52 Å². The van der Waals surface area contributed by atoms with Gasteiger partial charge in [-0.15, -0.1) is 17.0 Å². The maximum Gasteiger partial charge on any atom is 0.182 e. The standard InChI is InChI=1S/C9H7NO.BrH/c11-9-4-6-10-5-2-1-3-8(10)7-9;/h1-7H;1H. The molecule has 0 aliphatic carbocycles. The van der Waals surface area contributed by atoms with E-state index in [1.165, 1.54) is 0 Å². The maximum atomic E-state index is 10.9. The molecule has 3 heteroatoms. The monoisotopic (exact) mass is 225 g/mol. The molecule has 0 fully saturated rings. The van der Waals surface area contributed by atoms with E-state index in [0.29, 0.717) is 0 Å². The molecule has 0 spiro atoms. The fraction of sp³-hybridized carbons (Fsp3) is 0. The fourth-order valence-electron chi connectivity index (χ4n) is 1.07. The van der Waals surface area contributed by atoms with Gasteiger partial charge in [0.25, 0.3) is 0 Å². The molecule has 0 radical (unpaired) electrons. The van der Waals surface area contributed by atoms with E-state index >= 15 is 0 Å². The van der Waals surface area contributed by atoms with Crippen molar-refractivity contribution in [2.75, 3.05) is 0 Å². The van der Waals surface area contributed by atoms with Crippen LogP contribution in [-0.4, -0.2) is 4.40 Å². The van der Waals surface area contributed by atoms with Crippen LogP contribution in [0.4, 0.5) is 0 Å². The summed E-state index contributed by atoms with van der Waals surface area (Å²) in [5.41, 5.74) is 0.983. The average molecular weight is 226 g/mol. The van der Waals surface area contributed by atoms with Crippen molar-refractivity contribution in [3.05, 3.63) is 52.9 Å². The SMILES string of the molecule is Br.O=c1ccn2ccccc2c1. The number of pyridine rings is 2. The molecule has 0 saturated heterocycles. The Kier molecular flexibility index (Phi) is 2.65. The van der Waals surface area contributed by atoms with Crippen LogP contribution >= 0.6 is 17.0 Å². The Balaban J connectivity index is 0.000000720. The van der Waals surface area contributed by atoms with E-state index in [4.69, 9.17) is 0 Å². The number of rotatable bonds is 0. The Morgan fingerprint density at radius 2 is 1.92 bits per heavy atom. The first-order chi connectivity index (χ1) is 5.36. The lowest BCUT2D eigenvalue weighted by atomic mass is 10.3. The van der Waals surface area contributed by atoms with Gasteiger partial charge in [-0.2, -0.15) is 0 Å². The van der Waals surface area contributed by atoms with Crippen molar-refractivity contribution in [1.82, 2.24) is 4.40 Å². The maximum absolute atomic E-state index is 10.9. The van der Waals surface area contributed by atoms with Gasteiger partial charge in [0.15, 0.2) is 5.43 Å². The molecule has 62 valence electrons. The Morgan fingerprint density at radius 1 is 1.08 bits per heavy atom. The van der Waals surface area contributed by atoms with Crippen molar-refractivity contribution in [2.45, 2.75) is 0 Å². The molecule has 0 amide bonds. The first kappa shape index (κ1) is 9.00. The summed E-state index contributed by atoms with van der Waals surface area (Å²) in [6.07, 6.45) is 3.67. The molecule has 0 aliphatic heterocycles. The zero-order valence-corrected chi connectivity index (χ0v) is 8.02. The highest BCUT2D eigenvalue weighted by atomic mass is 79.9. The van der Waals surface area contributed by atoms with Gasteiger partial charge >= 0.3 is 0 Å². The topological polar surface area (TPSA) is 21.5 Å². The highest BCUT2D eigenvalue weighted by molar-refractivity contribution is 8.93. The van der Waals surface area contributed by atoms with E-state index in [1.54, 1.807) is 18.3 Å². The van der Waals surface area contributed by atoms with Crippen LogP contribution in [0.1, 0.15) is 0 Å². The number of nitrogens with zero attached hydrogens (tertiary/aromatic N) is 1. The van der Waals surface area contributed by atoms with Crippen LogP contribution in [0.15, 0.2) is 47.5 Å². The summed E-state index contributed by atoms with van der Waals surface area (Å²) >= 11 is 0. The van der Waals surface area contributed by atoms with Crippen LogP contribution in [-0.2, 0) is 0 Å². The van der Waals surface area contributed by atoms with E-state index in [2.05, 4.69) is 0 Å². The zero-order chi connectivity index (χ0) is 7.68. The molecule has 0 N–H and O–H groups in total. The van der Waals surface area contributed by atoms with E-state index < -0.39 is 0 Å². The molecule has 0 aromatic carbocycles. The summed E-state index contributed by atoms with van der Waals surface area (Å²) < 4.78 is 1.90. The van der Waals surface area contributed by atoms with Crippen molar-refractivity contribution in [1.29, 1.82) is 0 Å². The van der Waals surface area contributed by atoms with Gasteiger partial charge in [0.05, 0.1) is 0 Å². The van der Waals surface area contributed by atoms with Crippen LogP contribution < -0.4 is 5.43 Å². The third-order valence-electron chi connectivity index (χ3n) is 1.61. The number of hydrogen-bond donors (Lipinski definition) is 0. The second kappa shape index (κ2) is 3.54. The molecule has 0 saturated carbocycles. The molecule has 2 aromatic rings. The number of fused-ring (bicyclic) bond motifs is 1. The van der Waals surface area contributed by atoms with Crippen molar-refractivity contribution in [2.24, 2.45) is 0 Å². The summed E-state index contributed by atoms with van der Waals surface area (Å²) in [6, 6.07) is 8.90. The van der Waals surface area contributed by atoms with Crippen LogP contribution in [0.2, 0.25) is 0 Å². The minimum Gasteiger partial charge on any atom is -0.324 e. The van der Waals surface area contributed by atoms with E-state index in [9.17, 15) is 4.79 Å². The Bertz CT molecular complexity index is 435. The number of hydrogen-bond acceptors (Lipinski definition) is 1. The lowest BCUT2D eigenvalue weighted by Crippen LogP contribution is -1.98. The van der Waals surface area contributed by atoms with Crippen molar-refractivity contribution >= 4 is 22.5 Å². The van der Waals surface area contributed by atoms with Gasteiger partial charge in [0, 0.05) is 30.0 Å². The molecule has 2 nitrogen and oxygen atoms in total. The summed E-state index contributed by atoms with van der Waals surface area (Å²) in [6.45, 7) is 0. The van der Waals surface area contributed by atoms with Gasteiger partial charge in [-0.25, -0.2) is 0 Å². The summed E-state index contributed by atoms with van der Waals surface area (Å²) in [4.78, 5) is 10.9. The molecular weight excluding hydrogens is 218 g/mol. The molecule has 0 aliphatic rings. The fourth-order valence-corrected chi connectivity index (χ4v) is 1.07. The smallest absolute Gasteiger partial charge is 0.182 e. The van der Waals surface area contributed by atoms with Gasteiger partial charge in [-0.1, -0.05) is 6.07 Å². The van der Waals surface area contributed by atoms with Gasteiger partial charge in [-0.05, 0) is 12.1 Å². The summed E-state index contributed by atoms with van der Waals surface area (Å²) in [7, 11) is 0. The lowest BCUT2D eigenvalue weighted by Gasteiger charge is -1.96. The van der Waals surface area contributed by atoms with Gasteiger partial charge in [0.1, 0.15) is 0 Å². The third-order valence-corrected chi connectivity index (χ3v) is 1.61. The summed E-state index contributed by atoms with van der Waals surface area (Å²) in [5, 5.41) is 0. The third kappa shape index (κ3) is 1.56. The molecule has 0 bridgehead atoms. The first-order valence-corrected chi connectivity index (χ1v) is 3.43. The minimum absolute atomic E-state index is 0. The summed E-state index contributed by atoms with van der Waals surface area (Å²) in [5.74, 6) is 0. The Morgan fingerprint density at radius 3 is 2.75 bits per heavy atom. The number of halogens is 1. The van der Waals surface area contributed by atoms with Gasteiger partial charge in [0.2, 0.25) is 0 Å². The molecule has 2 rings (SSSR count). The predicted octanol–water partition coefficient (Wildman–Crippen LogP) is 1.88. The van der Waals surface area contributed by atoms with Gasteiger partial charge in [-0.3, -0.25) is 4.79 Å². The van der Waals surface area contributed by atoms with Crippen molar-refractivity contribution < 1.29 is 0 Å². The van der Waals surface area contributed by atoms with E-state index in [1.807, 2.05) is 28.8 Å². The zero-order valence-electron chi connectivity index (χ0n) is 6.31. The first-order valence-electron chi connectivity index (χ1n) is 3.43. The normalized spacial score (nSPS) is 9.33. The molecule has 0 unspecified atom stereocenters. The highest BCUT2D eigenvalue weighted by Gasteiger charge is 1.87. The van der Waals surface area contributed by atoms with E-state index in [0.717, 1.165) is 5.52 Å². The Labute approximate surface area is 80.2 Å². The average Bonchev–Trinajstić information content (AvgIpc) is 2.04. The molecular formula is C9H8BrNO. The van der Waals surface area contributed by atoms with Crippen LogP contribution in [0.3, 0.4) is 0 Å². The highest BCUT2D eigenvalue weighted by Crippen LogP contribution is 1.97. The predicted molar refractivity (Wildman–Crippen MR) is 54.0 cm³/mol. The molecule has 2 aromatic heterocycles. The van der Waals surface area contributed by atoms with E-state index in [-0.39, 0.29) is 22.4 Å². The molecule has 2 heterocycles. The van der Waals surface area contributed by atoms with Crippen molar-refractivity contribution in [3.8, 4) is 0 Å². The number of aromatic nitrogens is 1. The van der Waals surface area contributed by atoms with Crippen LogP contribution in [0.5, 0.6) is 0 Å². The largest absolute Gasteiger partial charge is 0.324 e. The molecule has 12 heavy (non-hydrogen) atoms. The second-order valence-electron chi connectivity index (χ2n) is 2.40. The lowest BCUT2D eigenvalue weighted by molar-refractivity contribution is 1.15.